The van der Waals surface area contributed by atoms with Gasteiger partial charge in [-0.2, -0.15) is 0 Å². The van der Waals surface area contributed by atoms with Gasteiger partial charge >= 0.3 is 0 Å². The van der Waals surface area contributed by atoms with Gasteiger partial charge in [0.15, 0.2) is 5.78 Å². The Balaban J connectivity index is 2.18. The number of nitrogens with one attached hydrogen (secondary N) is 1. The topological polar surface area (TPSA) is 45.8 Å². The fraction of sp³-hybridized carbons (Fsp3) is 0.0667. The van der Waals surface area contributed by atoms with Gasteiger partial charge in [-0.15, -0.1) is 0 Å². The standard InChI is InChI=1S/C15H10Br2N2O/c1-8-3-2-4-10(13(8)17)14(20)12-7-19-15-11(12)5-9(16)6-18-15/h2-7H,1H3,(H,18,19). The zero-order valence-corrected chi connectivity index (χ0v) is 13.7. The molecule has 0 saturated heterocycles. The van der Waals surface area contributed by atoms with Gasteiger partial charge in [0.1, 0.15) is 5.65 Å². The Bertz CT molecular complexity index is 824. The predicted octanol–water partition coefficient (Wildman–Crippen LogP) is 4.63. The Morgan fingerprint density at radius 2 is 2.05 bits per heavy atom. The Hall–Kier alpha value is -1.46. The van der Waals surface area contributed by atoms with Crippen LogP contribution in [0.3, 0.4) is 0 Å². The first-order valence-corrected chi connectivity index (χ1v) is 7.59. The number of aryl methyl sites for hydroxylation is 1. The highest BCUT2D eigenvalue weighted by molar-refractivity contribution is 9.10. The smallest absolute Gasteiger partial charge is 0.196 e. The van der Waals surface area contributed by atoms with Gasteiger partial charge in [-0.05, 0) is 56.5 Å². The van der Waals surface area contributed by atoms with Crippen LogP contribution in [0.2, 0.25) is 0 Å². The monoisotopic (exact) mass is 392 g/mol. The molecule has 0 unspecified atom stereocenters. The van der Waals surface area contributed by atoms with Crippen LogP contribution in [0.5, 0.6) is 0 Å². The number of H-pyrrole nitrogens is 1. The van der Waals surface area contributed by atoms with Crippen LogP contribution in [-0.2, 0) is 0 Å². The minimum absolute atomic E-state index is 0.0216. The maximum Gasteiger partial charge on any atom is 0.196 e. The summed E-state index contributed by atoms with van der Waals surface area (Å²) in [6.45, 7) is 1.97. The van der Waals surface area contributed by atoms with Gasteiger partial charge in [0.25, 0.3) is 0 Å². The number of fused-ring (bicyclic) bond motifs is 1. The molecule has 0 aliphatic carbocycles. The van der Waals surface area contributed by atoms with Crippen molar-refractivity contribution in [3.8, 4) is 0 Å². The average Bonchev–Trinajstić information content (AvgIpc) is 2.84. The number of benzene rings is 1. The highest BCUT2D eigenvalue weighted by Crippen LogP contribution is 2.27. The fourth-order valence-corrected chi connectivity index (χ4v) is 2.91. The lowest BCUT2D eigenvalue weighted by Crippen LogP contribution is -2.02. The number of aromatic amines is 1. The molecule has 100 valence electrons. The summed E-state index contributed by atoms with van der Waals surface area (Å²) in [5, 5.41) is 0.817. The number of halogens is 2. The minimum atomic E-state index is -0.0216. The summed E-state index contributed by atoms with van der Waals surface area (Å²) in [5.41, 5.74) is 3.03. The van der Waals surface area contributed by atoms with Crippen LogP contribution < -0.4 is 0 Å². The number of rotatable bonds is 2. The normalized spacial score (nSPS) is 10.9. The molecule has 3 rings (SSSR count). The van der Waals surface area contributed by atoms with Crippen molar-refractivity contribution in [3.63, 3.8) is 0 Å². The van der Waals surface area contributed by atoms with Gasteiger partial charge in [0, 0.05) is 37.9 Å². The summed E-state index contributed by atoms with van der Waals surface area (Å²) in [6.07, 6.45) is 3.41. The Morgan fingerprint density at radius 3 is 2.85 bits per heavy atom. The first-order valence-electron chi connectivity index (χ1n) is 6.00. The minimum Gasteiger partial charge on any atom is -0.345 e. The molecule has 0 fully saturated rings. The second-order valence-electron chi connectivity index (χ2n) is 4.52. The van der Waals surface area contributed by atoms with Crippen molar-refractivity contribution < 1.29 is 4.79 Å². The highest BCUT2D eigenvalue weighted by atomic mass is 79.9. The van der Waals surface area contributed by atoms with Gasteiger partial charge in [0.2, 0.25) is 0 Å². The van der Waals surface area contributed by atoms with Crippen LogP contribution in [0.1, 0.15) is 21.5 Å². The predicted molar refractivity (Wildman–Crippen MR) is 86.1 cm³/mol. The SMILES string of the molecule is Cc1cccc(C(=O)c2c[nH]c3ncc(Br)cc23)c1Br. The van der Waals surface area contributed by atoms with Gasteiger partial charge in [-0.1, -0.05) is 12.1 Å². The lowest BCUT2D eigenvalue weighted by atomic mass is 10.0. The molecule has 0 spiro atoms. The van der Waals surface area contributed by atoms with E-state index in [4.69, 9.17) is 0 Å². The summed E-state index contributed by atoms with van der Waals surface area (Å²) in [6, 6.07) is 7.57. The Morgan fingerprint density at radius 1 is 1.25 bits per heavy atom. The van der Waals surface area contributed by atoms with E-state index < -0.39 is 0 Å². The summed E-state index contributed by atoms with van der Waals surface area (Å²) >= 11 is 6.87. The van der Waals surface area contributed by atoms with E-state index >= 15 is 0 Å². The van der Waals surface area contributed by atoms with Crippen molar-refractivity contribution >= 4 is 48.7 Å². The third-order valence-electron chi connectivity index (χ3n) is 3.18. The number of hydrogen-bond acceptors (Lipinski definition) is 2. The molecule has 0 aliphatic heterocycles. The van der Waals surface area contributed by atoms with Crippen LogP contribution in [-0.4, -0.2) is 15.8 Å². The van der Waals surface area contributed by atoms with Crippen molar-refractivity contribution in [2.45, 2.75) is 6.92 Å². The van der Waals surface area contributed by atoms with E-state index in [0.29, 0.717) is 16.8 Å². The van der Waals surface area contributed by atoms with Gasteiger partial charge in [0.05, 0.1) is 0 Å². The number of ketones is 1. The third kappa shape index (κ3) is 2.21. The summed E-state index contributed by atoms with van der Waals surface area (Å²) in [7, 11) is 0. The molecular formula is C15H10Br2N2O. The van der Waals surface area contributed by atoms with E-state index in [1.807, 2.05) is 31.2 Å². The van der Waals surface area contributed by atoms with Crippen LogP contribution in [0, 0.1) is 6.92 Å². The van der Waals surface area contributed by atoms with Gasteiger partial charge < -0.3 is 4.98 Å². The highest BCUT2D eigenvalue weighted by Gasteiger charge is 2.18. The van der Waals surface area contributed by atoms with Crippen molar-refractivity contribution in [1.82, 2.24) is 9.97 Å². The Labute approximate surface area is 132 Å². The molecule has 0 atom stereocenters. The van der Waals surface area contributed by atoms with Gasteiger partial charge in [-0.25, -0.2) is 4.98 Å². The molecule has 1 N–H and O–H groups in total. The molecule has 0 amide bonds. The maximum atomic E-state index is 12.7. The van der Waals surface area contributed by atoms with E-state index in [1.165, 1.54) is 0 Å². The number of hydrogen-bond donors (Lipinski definition) is 1. The molecule has 20 heavy (non-hydrogen) atoms. The number of carbonyl (C=O) groups is 1. The van der Waals surface area contributed by atoms with E-state index in [-0.39, 0.29) is 5.78 Å². The van der Waals surface area contributed by atoms with Crippen molar-refractivity contribution in [1.29, 1.82) is 0 Å². The van der Waals surface area contributed by atoms with Crippen molar-refractivity contribution in [2.24, 2.45) is 0 Å². The molecule has 2 heterocycles. The third-order valence-corrected chi connectivity index (χ3v) is 4.67. The lowest BCUT2D eigenvalue weighted by molar-refractivity contribution is 0.103. The van der Waals surface area contributed by atoms with Crippen LogP contribution in [0.4, 0.5) is 0 Å². The van der Waals surface area contributed by atoms with E-state index in [2.05, 4.69) is 41.8 Å². The van der Waals surface area contributed by atoms with Crippen LogP contribution in [0.25, 0.3) is 11.0 Å². The molecule has 0 bridgehead atoms. The number of carbonyl (C=O) groups excluding carboxylic acids is 1. The molecule has 3 nitrogen and oxygen atoms in total. The molecule has 2 aromatic heterocycles. The summed E-state index contributed by atoms with van der Waals surface area (Å²) < 4.78 is 1.68. The largest absolute Gasteiger partial charge is 0.345 e. The van der Waals surface area contributed by atoms with Gasteiger partial charge in [-0.3, -0.25) is 4.79 Å². The van der Waals surface area contributed by atoms with E-state index in [9.17, 15) is 4.79 Å². The molecule has 5 heteroatoms. The zero-order valence-electron chi connectivity index (χ0n) is 10.6. The van der Waals surface area contributed by atoms with Crippen molar-refractivity contribution in [3.05, 3.63) is 62.3 Å². The number of nitrogens with zero attached hydrogens (tertiary/aromatic N) is 1. The van der Waals surface area contributed by atoms with Crippen molar-refractivity contribution in [2.75, 3.05) is 0 Å². The van der Waals surface area contributed by atoms with Crippen LogP contribution in [0.15, 0.2) is 45.6 Å². The molecule has 3 aromatic rings. The Kier molecular flexibility index (Phi) is 3.48. The molecule has 1 aromatic carbocycles. The van der Waals surface area contributed by atoms with E-state index in [0.717, 1.165) is 19.9 Å². The fourth-order valence-electron chi connectivity index (χ4n) is 2.13. The second kappa shape index (κ2) is 5.14. The molecule has 0 saturated carbocycles. The summed E-state index contributed by atoms with van der Waals surface area (Å²) in [5.74, 6) is -0.0216. The first kappa shape index (κ1) is 13.5. The molecular weight excluding hydrogens is 384 g/mol. The number of aromatic nitrogens is 2. The quantitative estimate of drug-likeness (QED) is 0.645. The van der Waals surface area contributed by atoms with Crippen LogP contribution >= 0.6 is 31.9 Å². The number of pyridine rings is 1. The lowest BCUT2D eigenvalue weighted by Gasteiger charge is -2.05. The summed E-state index contributed by atoms with van der Waals surface area (Å²) in [4.78, 5) is 20.0. The molecule has 0 aliphatic rings. The maximum absolute atomic E-state index is 12.7. The average molecular weight is 394 g/mol. The zero-order chi connectivity index (χ0) is 14.3. The van der Waals surface area contributed by atoms with E-state index in [1.54, 1.807) is 12.4 Å². The molecule has 0 radical (unpaired) electrons. The second-order valence-corrected chi connectivity index (χ2v) is 6.23. The first-order chi connectivity index (χ1) is 9.58.